The van der Waals surface area contributed by atoms with Crippen LogP contribution in [0.1, 0.15) is 18.7 Å². The Morgan fingerprint density at radius 1 is 1.00 bits per heavy atom. The predicted molar refractivity (Wildman–Crippen MR) is 103 cm³/mol. The first-order valence-corrected chi connectivity index (χ1v) is 9.66. The first-order chi connectivity index (χ1) is 13.1. The number of carbonyl (C=O) groups is 1. The third-order valence-electron chi connectivity index (χ3n) is 5.69. The summed E-state index contributed by atoms with van der Waals surface area (Å²) in [4.78, 5) is 32.5. The number of aryl methyl sites for hydroxylation is 1. The second-order valence-electron chi connectivity index (χ2n) is 7.47. The summed E-state index contributed by atoms with van der Waals surface area (Å²) in [6.07, 6.45) is 7.05. The van der Waals surface area contributed by atoms with E-state index >= 15 is 0 Å². The van der Waals surface area contributed by atoms with E-state index in [-0.39, 0.29) is 5.92 Å². The summed E-state index contributed by atoms with van der Waals surface area (Å²) in [5.41, 5.74) is 0. The third kappa shape index (κ3) is 3.80. The van der Waals surface area contributed by atoms with E-state index in [1.165, 1.54) is 0 Å². The number of likely N-dealkylation sites (N-methyl/N-ethyl adjacent to an activating group) is 1. The summed E-state index contributed by atoms with van der Waals surface area (Å²) >= 11 is 0. The molecule has 0 aliphatic carbocycles. The van der Waals surface area contributed by atoms with Gasteiger partial charge in [-0.3, -0.25) is 9.36 Å². The molecule has 8 heteroatoms. The second-order valence-corrected chi connectivity index (χ2v) is 7.47. The third-order valence-corrected chi connectivity index (χ3v) is 5.69. The van der Waals surface area contributed by atoms with Gasteiger partial charge < -0.3 is 14.7 Å². The van der Waals surface area contributed by atoms with Gasteiger partial charge in [0.2, 0.25) is 5.91 Å². The zero-order valence-electron chi connectivity index (χ0n) is 16.1. The molecular weight excluding hydrogens is 342 g/mol. The highest BCUT2D eigenvalue weighted by molar-refractivity contribution is 5.79. The number of imidazole rings is 1. The molecule has 0 bridgehead atoms. The fourth-order valence-corrected chi connectivity index (χ4v) is 3.90. The Labute approximate surface area is 159 Å². The average Bonchev–Trinajstić information content (AvgIpc) is 3.14. The number of hydrogen-bond donors (Lipinski definition) is 0. The molecule has 27 heavy (non-hydrogen) atoms. The zero-order valence-corrected chi connectivity index (χ0v) is 16.1. The smallest absolute Gasteiger partial charge is 0.225 e. The van der Waals surface area contributed by atoms with Crippen molar-refractivity contribution in [1.29, 1.82) is 0 Å². The number of piperazine rings is 1. The van der Waals surface area contributed by atoms with E-state index < -0.39 is 0 Å². The van der Waals surface area contributed by atoms with E-state index in [0.717, 1.165) is 69.6 Å². The number of carbonyl (C=O) groups excluding carboxylic acids is 1. The normalized spacial score (nSPS) is 19.5. The van der Waals surface area contributed by atoms with Gasteiger partial charge in [0.1, 0.15) is 23.8 Å². The van der Waals surface area contributed by atoms with Gasteiger partial charge >= 0.3 is 0 Å². The Morgan fingerprint density at radius 2 is 1.70 bits per heavy atom. The first-order valence-electron chi connectivity index (χ1n) is 9.66. The number of rotatable bonds is 3. The first kappa shape index (κ1) is 17.9. The van der Waals surface area contributed by atoms with Crippen molar-refractivity contribution in [2.24, 2.45) is 5.92 Å². The molecule has 0 radical (unpaired) electrons. The van der Waals surface area contributed by atoms with Gasteiger partial charge in [-0.15, -0.1) is 0 Å². The Hall–Kier alpha value is -2.48. The second kappa shape index (κ2) is 7.64. The van der Waals surface area contributed by atoms with Crippen molar-refractivity contribution in [1.82, 2.24) is 29.3 Å². The lowest BCUT2D eigenvalue weighted by molar-refractivity contribution is -0.137. The van der Waals surface area contributed by atoms with E-state index in [2.05, 4.69) is 31.8 Å². The zero-order chi connectivity index (χ0) is 18.8. The Kier molecular flexibility index (Phi) is 5.07. The molecule has 0 spiro atoms. The molecule has 2 fully saturated rings. The van der Waals surface area contributed by atoms with Crippen molar-refractivity contribution < 1.29 is 4.79 Å². The molecule has 2 aromatic rings. The largest absolute Gasteiger partial charge is 0.356 e. The highest BCUT2D eigenvalue weighted by Crippen LogP contribution is 2.24. The SMILES string of the molecule is Cc1nccn1-c1cc(N2CCC(C(=O)N3CCN(C)CC3)CC2)ncn1. The molecule has 0 aromatic carbocycles. The molecule has 2 saturated heterocycles. The van der Waals surface area contributed by atoms with Crippen LogP contribution in [-0.2, 0) is 4.79 Å². The Balaban J connectivity index is 1.38. The van der Waals surface area contributed by atoms with Gasteiger partial charge in [0.05, 0.1) is 0 Å². The van der Waals surface area contributed by atoms with Crippen molar-refractivity contribution in [3.63, 3.8) is 0 Å². The van der Waals surface area contributed by atoms with Crippen molar-refractivity contribution in [3.05, 3.63) is 30.6 Å². The van der Waals surface area contributed by atoms with Gasteiger partial charge in [0.15, 0.2) is 0 Å². The average molecular weight is 369 g/mol. The van der Waals surface area contributed by atoms with E-state index in [1.54, 1.807) is 12.5 Å². The fourth-order valence-electron chi connectivity index (χ4n) is 3.90. The summed E-state index contributed by atoms with van der Waals surface area (Å²) in [6.45, 7) is 7.32. The Bertz CT molecular complexity index is 789. The highest BCUT2D eigenvalue weighted by Gasteiger charge is 2.30. The van der Waals surface area contributed by atoms with Crippen LogP contribution in [0.5, 0.6) is 0 Å². The minimum absolute atomic E-state index is 0.141. The van der Waals surface area contributed by atoms with Crippen LogP contribution in [0.25, 0.3) is 5.82 Å². The molecular formula is C19H27N7O. The molecule has 1 amide bonds. The maximum absolute atomic E-state index is 12.8. The maximum Gasteiger partial charge on any atom is 0.225 e. The number of piperidine rings is 1. The lowest BCUT2D eigenvalue weighted by Gasteiger charge is -2.37. The molecule has 2 aromatic heterocycles. The topological polar surface area (TPSA) is 70.4 Å². The molecule has 0 unspecified atom stereocenters. The molecule has 2 aliphatic heterocycles. The monoisotopic (exact) mass is 369 g/mol. The number of nitrogens with zero attached hydrogens (tertiary/aromatic N) is 7. The maximum atomic E-state index is 12.8. The molecule has 8 nitrogen and oxygen atoms in total. The van der Waals surface area contributed by atoms with E-state index in [9.17, 15) is 4.79 Å². The van der Waals surface area contributed by atoms with E-state index in [1.807, 2.05) is 28.7 Å². The van der Waals surface area contributed by atoms with Crippen LogP contribution in [-0.4, -0.2) is 81.5 Å². The van der Waals surface area contributed by atoms with Crippen molar-refractivity contribution in [2.75, 3.05) is 51.2 Å². The number of anilines is 1. The summed E-state index contributed by atoms with van der Waals surface area (Å²) in [7, 11) is 2.11. The van der Waals surface area contributed by atoms with E-state index in [4.69, 9.17) is 0 Å². The van der Waals surface area contributed by atoms with Gasteiger partial charge in [-0.2, -0.15) is 0 Å². The van der Waals surface area contributed by atoms with Crippen LogP contribution in [0.2, 0.25) is 0 Å². The van der Waals surface area contributed by atoms with E-state index in [0.29, 0.717) is 5.91 Å². The van der Waals surface area contributed by atoms with Crippen molar-refractivity contribution in [2.45, 2.75) is 19.8 Å². The minimum atomic E-state index is 0.141. The van der Waals surface area contributed by atoms with Crippen LogP contribution in [0.3, 0.4) is 0 Å². The fraction of sp³-hybridized carbons (Fsp3) is 0.579. The standard InChI is InChI=1S/C19H27N7O/c1-15-20-5-8-26(15)18-13-17(21-14-22-18)24-6-3-16(4-7-24)19(27)25-11-9-23(2)10-12-25/h5,8,13-14,16H,3-4,6-7,9-12H2,1-2H3. The summed E-state index contributed by atoms with van der Waals surface area (Å²) in [6, 6.07) is 2.00. The molecule has 4 heterocycles. The molecule has 4 rings (SSSR count). The lowest BCUT2D eigenvalue weighted by atomic mass is 9.95. The molecule has 0 N–H and O–H groups in total. The van der Waals surface area contributed by atoms with Gasteiger partial charge in [-0.1, -0.05) is 0 Å². The molecule has 0 atom stereocenters. The predicted octanol–water partition coefficient (Wildman–Crippen LogP) is 0.961. The molecule has 0 saturated carbocycles. The van der Waals surface area contributed by atoms with Gasteiger partial charge in [0, 0.05) is 63.6 Å². The highest BCUT2D eigenvalue weighted by atomic mass is 16.2. The van der Waals surface area contributed by atoms with Crippen LogP contribution >= 0.6 is 0 Å². The lowest BCUT2D eigenvalue weighted by Crippen LogP contribution is -2.50. The molecule has 144 valence electrons. The van der Waals surface area contributed by atoms with Crippen LogP contribution in [0, 0.1) is 12.8 Å². The number of amides is 1. The molecule has 2 aliphatic rings. The van der Waals surface area contributed by atoms with Gasteiger partial charge in [-0.05, 0) is 26.8 Å². The summed E-state index contributed by atoms with van der Waals surface area (Å²) in [5, 5.41) is 0. The van der Waals surface area contributed by atoms with Crippen LogP contribution < -0.4 is 4.90 Å². The van der Waals surface area contributed by atoms with Crippen molar-refractivity contribution >= 4 is 11.7 Å². The quantitative estimate of drug-likeness (QED) is 0.803. The number of aromatic nitrogens is 4. The van der Waals surface area contributed by atoms with Crippen LogP contribution in [0.4, 0.5) is 5.82 Å². The van der Waals surface area contributed by atoms with Gasteiger partial charge in [0.25, 0.3) is 0 Å². The van der Waals surface area contributed by atoms with Crippen molar-refractivity contribution in [3.8, 4) is 5.82 Å². The van der Waals surface area contributed by atoms with Crippen LogP contribution in [0.15, 0.2) is 24.8 Å². The summed E-state index contributed by atoms with van der Waals surface area (Å²) in [5.74, 6) is 3.11. The van der Waals surface area contributed by atoms with Gasteiger partial charge in [-0.25, -0.2) is 15.0 Å². The minimum Gasteiger partial charge on any atom is -0.356 e. The number of hydrogen-bond acceptors (Lipinski definition) is 6. The Morgan fingerprint density at radius 3 is 2.37 bits per heavy atom. The summed E-state index contributed by atoms with van der Waals surface area (Å²) < 4.78 is 1.95.